The van der Waals surface area contributed by atoms with Crippen molar-refractivity contribution in [2.24, 2.45) is 0 Å². The van der Waals surface area contributed by atoms with E-state index in [1.807, 2.05) is 24.8 Å². The number of hydrogen-bond acceptors (Lipinski definition) is 4. The number of piperidine rings is 1. The Bertz CT molecular complexity index is 1060. The van der Waals surface area contributed by atoms with Gasteiger partial charge in [-0.3, -0.25) is 4.79 Å². The van der Waals surface area contributed by atoms with Gasteiger partial charge in [0.25, 0.3) is 5.91 Å². The van der Waals surface area contributed by atoms with Crippen LogP contribution in [0.4, 0.5) is 0 Å². The number of carbonyl (C=O) groups is 1. The molecule has 0 spiro atoms. The number of halogens is 1. The molecule has 4 rings (SSSR count). The van der Waals surface area contributed by atoms with Gasteiger partial charge in [0.2, 0.25) is 0 Å². The fourth-order valence-corrected chi connectivity index (χ4v) is 4.45. The molecule has 1 fully saturated rings. The van der Waals surface area contributed by atoms with Crippen LogP contribution in [0.3, 0.4) is 0 Å². The van der Waals surface area contributed by atoms with Gasteiger partial charge in [0.05, 0.1) is 18.2 Å². The monoisotopic (exact) mass is 441 g/mol. The van der Waals surface area contributed by atoms with Crippen molar-refractivity contribution in [3.8, 4) is 11.5 Å². The van der Waals surface area contributed by atoms with Crippen molar-refractivity contribution in [3.05, 3.63) is 52.8 Å². The zero-order chi connectivity index (χ0) is 21.8. The summed E-state index contributed by atoms with van der Waals surface area (Å²) in [6.07, 6.45) is 6.55. The normalized spacial score (nSPS) is 14.7. The lowest BCUT2D eigenvalue weighted by Crippen LogP contribution is -2.37. The number of pyridine rings is 1. The van der Waals surface area contributed by atoms with Crippen LogP contribution in [0.15, 0.2) is 36.7 Å². The highest BCUT2D eigenvalue weighted by atomic mass is 35.5. The first kappa shape index (κ1) is 21.5. The molecule has 0 bridgehead atoms. The van der Waals surface area contributed by atoms with Crippen molar-refractivity contribution in [1.82, 2.24) is 14.9 Å². The van der Waals surface area contributed by atoms with Gasteiger partial charge >= 0.3 is 0 Å². The molecule has 1 aliphatic rings. The zero-order valence-electron chi connectivity index (χ0n) is 18.0. The van der Waals surface area contributed by atoms with E-state index in [1.54, 1.807) is 18.3 Å². The summed E-state index contributed by atoms with van der Waals surface area (Å²) in [6, 6.07) is 7.51. The van der Waals surface area contributed by atoms with E-state index in [1.165, 1.54) is 10.9 Å². The van der Waals surface area contributed by atoms with Crippen LogP contribution in [0.1, 0.15) is 54.9 Å². The first-order chi connectivity index (χ1) is 15.1. The van der Waals surface area contributed by atoms with Crippen molar-refractivity contribution in [2.75, 3.05) is 26.3 Å². The van der Waals surface area contributed by atoms with Gasteiger partial charge in [0.1, 0.15) is 5.65 Å². The van der Waals surface area contributed by atoms with Crippen LogP contribution in [-0.2, 0) is 0 Å². The number of aromatic amines is 1. The van der Waals surface area contributed by atoms with Crippen molar-refractivity contribution >= 4 is 28.5 Å². The minimum absolute atomic E-state index is 0.0241. The number of fused-ring (bicyclic) bond motifs is 1. The third-order valence-corrected chi connectivity index (χ3v) is 5.99. The molecule has 0 aliphatic carbocycles. The molecule has 0 atom stereocenters. The number of amides is 1. The summed E-state index contributed by atoms with van der Waals surface area (Å²) in [5.41, 5.74) is 2.74. The molecule has 2 aromatic heterocycles. The predicted molar refractivity (Wildman–Crippen MR) is 122 cm³/mol. The average molecular weight is 442 g/mol. The Hall–Kier alpha value is -2.73. The van der Waals surface area contributed by atoms with E-state index in [-0.39, 0.29) is 5.91 Å². The molecule has 0 unspecified atom stereocenters. The van der Waals surface area contributed by atoms with Crippen molar-refractivity contribution in [3.63, 3.8) is 0 Å². The van der Waals surface area contributed by atoms with Gasteiger partial charge < -0.3 is 19.4 Å². The summed E-state index contributed by atoms with van der Waals surface area (Å²) >= 11 is 6.45. The summed E-state index contributed by atoms with van der Waals surface area (Å²) < 4.78 is 11.5. The fraction of sp³-hybridized carbons (Fsp3) is 0.417. The first-order valence-corrected chi connectivity index (χ1v) is 11.3. The molecular formula is C24H28ClN3O3. The highest BCUT2D eigenvalue weighted by molar-refractivity contribution is 6.32. The van der Waals surface area contributed by atoms with Crippen molar-refractivity contribution in [1.29, 1.82) is 0 Å². The number of aromatic nitrogens is 2. The topological polar surface area (TPSA) is 67.5 Å². The number of likely N-dealkylation sites (tertiary alicyclic amines) is 1. The zero-order valence-corrected chi connectivity index (χ0v) is 18.7. The van der Waals surface area contributed by atoms with Gasteiger partial charge in [-0.25, -0.2) is 4.98 Å². The number of nitrogens with zero attached hydrogens (tertiary/aromatic N) is 2. The van der Waals surface area contributed by atoms with Crippen LogP contribution >= 0.6 is 11.6 Å². The quantitative estimate of drug-likeness (QED) is 0.531. The standard InChI is InChI=1S/C24H28ClN3O3/c1-3-12-31-22-20(25)13-17(14-21(22)30-4-2)24(29)28-10-7-16(8-11-28)19-15-27-23-18(19)6-5-9-26-23/h5-6,9,13-16H,3-4,7-8,10-12H2,1-2H3,(H,26,27). The van der Waals surface area contributed by atoms with Crippen LogP contribution in [0.25, 0.3) is 11.0 Å². The largest absolute Gasteiger partial charge is 0.490 e. The maximum atomic E-state index is 13.2. The molecule has 6 nitrogen and oxygen atoms in total. The van der Waals surface area contributed by atoms with Crippen LogP contribution in [0.5, 0.6) is 11.5 Å². The van der Waals surface area contributed by atoms with E-state index in [4.69, 9.17) is 21.1 Å². The van der Waals surface area contributed by atoms with Gasteiger partial charge in [0.15, 0.2) is 11.5 Å². The molecule has 1 aromatic carbocycles. The van der Waals surface area contributed by atoms with E-state index in [2.05, 4.69) is 22.2 Å². The number of ether oxygens (including phenoxy) is 2. The van der Waals surface area contributed by atoms with E-state index >= 15 is 0 Å². The summed E-state index contributed by atoms with van der Waals surface area (Å²) in [5.74, 6) is 1.42. The SMILES string of the molecule is CCCOc1c(Cl)cc(C(=O)N2CCC(c3c[nH]c4ncccc34)CC2)cc1OCC. The predicted octanol–water partition coefficient (Wildman–Crippen LogP) is 5.42. The molecule has 3 heterocycles. The molecule has 0 radical (unpaired) electrons. The third-order valence-electron chi connectivity index (χ3n) is 5.71. The number of nitrogens with one attached hydrogen (secondary N) is 1. The molecule has 164 valence electrons. The number of benzene rings is 1. The minimum Gasteiger partial charge on any atom is -0.490 e. The lowest BCUT2D eigenvalue weighted by atomic mass is 9.89. The first-order valence-electron chi connectivity index (χ1n) is 10.9. The van der Waals surface area contributed by atoms with E-state index in [0.717, 1.165) is 24.9 Å². The molecule has 31 heavy (non-hydrogen) atoms. The number of hydrogen-bond donors (Lipinski definition) is 1. The third kappa shape index (κ3) is 4.49. The molecular weight excluding hydrogens is 414 g/mol. The number of H-pyrrole nitrogens is 1. The maximum Gasteiger partial charge on any atom is 0.254 e. The van der Waals surface area contributed by atoms with Crippen LogP contribution in [-0.4, -0.2) is 47.1 Å². The molecule has 1 amide bonds. The van der Waals surface area contributed by atoms with Crippen molar-refractivity contribution in [2.45, 2.75) is 39.0 Å². The van der Waals surface area contributed by atoms with Crippen LogP contribution < -0.4 is 9.47 Å². The Balaban J connectivity index is 1.48. The van der Waals surface area contributed by atoms with E-state index < -0.39 is 0 Å². The van der Waals surface area contributed by atoms with E-state index in [9.17, 15) is 4.79 Å². The molecule has 7 heteroatoms. The van der Waals surface area contributed by atoms with Gasteiger partial charge in [-0.15, -0.1) is 0 Å². The number of rotatable bonds is 7. The second-order valence-corrected chi connectivity index (χ2v) is 8.18. The molecule has 3 aromatic rings. The number of carbonyl (C=O) groups excluding carboxylic acids is 1. The van der Waals surface area contributed by atoms with Crippen LogP contribution in [0.2, 0.25) is 5.02 Å². The van der Waals surface area contributed by atoms with Gasteiger partial charge in [0, 0.05) is 36.4 Å². The lowest BCUT2D eigenvalue weighted by molar-refractivity contribution is 0.0712. The summed E-state index contributed by atoms with van der Waals surface area (Å²) in [6.45, 7) is 6.35. The Labute approximate surface area is 187 Å². The summed E-state index contributed by atoms with van der Waals surface area (Å²) in [5, 5.41) is 1.58. The Morgan fingerprint density at radius 1 is 1.26 bits per heavy atom. The smallest absolute Gasteiger partial charge is 0.254 e. The van der Waals surface area contributed by atoms with Crippen molar-refractivity contribution < 1.29 is 14.3 Å². The fourth-order valence-electron chi connectivity index (χ4n) is 4.19. The van der Waals surface area contributed by atoms with E-state index in [0.29, 0.717) is 54.3 Å². The maximum absolute atomic E-state index is 13.2. The Morgan fingerprint density at radius 3 is 2.81 bits per heavy atom. The Morgan fingerprint density at radius 2 is 2.06 bits per heavy atom. The summed E-state index contributed by atoms with van der Waals surface area (Å²) in [4.78, 5) is 22.7. The molecule has 1 saturated heterocycles. The second kappa shape index (κ2) is 9.60. The highest BCUT2D eigenvalue weighted by Gasteiger charge is 2.27. The summed E-state index contributed by atoms with van der Waals surface area (Å²) in [7, 11) is 0. The second-order valence-electron chi connectivity index (χ2n) is 7.78. The highest BCUT2D eigenvalue weighted by Crippen LogP contribution is 2.38. The molecule has 0 saturated carbocycles. The van der Waals surface area contributed by atoms with Gasteiger partial charge in [-0.05, 0) is 61.9 Å². The van der Waals surface area contributed by atoms with Gasteiger partial charge in [-0.2, -0.15) is 0 Å². The van der Waals surface area contributed by atoms with Crippen LogP contribution in [0, 0.1) is 0 Å². The lowest BCUT2D eigenvalue weighted by Gasteiger charge is -2.32. The average Bonchev–Trinajstić information content (AvgIpc) is 3.22. The van der Waals surface area contributed by atoms with Gasteiger partial charge in [-0.1, -0.05) is 18.5 Å². The molecule has 1 N–H and O–H groups in total. The molecule has 1 aliphatic heterocycles. The minimum atomic E-state index is -0.0241. The Kier molecular flexibility index (Phi) is 6.66.